The second-order valence-corrected chi connectivity index (χ2v) is 3.37. The molecule has 0 aliphatic heterocycles. The fourth-order valence-electron chi connectivity index (χ4n) is 0.343. The van der Waals surface area contributed by atoms with Crippen molar-refractivity contribution >= 4 is 22.3 Å². The van der Waals surface area contributed by atoms with E-state index in [1.54, 1.807) is 0 Å². The van der Waals surface area contributed by atoms with Crippen molar-refractivity contribution in [3.05, 3.63) is 0 Å². The van der Waals surface area contributed by atoms with E-state index >= 15 is 0 Å². The second-order valence-electron chi connectivity index (χ2n) is 1.68. The van der Waals surface area contributed by atoms with E-state index in [9.17, 15) is 12.6 Å². The van der Waals surface area contributed by atoms with Crippen LogP contribution in [0.1, 0.15) is 19.8 Å². The Bertz CT molecular complexity index is 179. The summed E-state index contributed by atoms with van der Waals surface area (Å²) in [6.07, 6.45) is 1.62. The van der Waals surface area contributed by atoms with E-state index in [1.807, 2.05) is 6.92 Å². The first kappa shape index (κ1) is 11.0. The van der Waals surface area contributed by atoms with Gasteiger partial charge in [0.05, 0.1) is 6.61 Å². The Morgan fingerprint density at radius 1 is 1.45 bits per heavy atom. The maximum atomic E-state index is 10.4. The summed E-state index contributed by atoms with van der Waals surface area (Å²) in [6.45, 7) is 2.17. The van der Waals surface area contributed by atoms with Gasteiger partial charge >= 0.3 is 11.4 Å². The van der Waals surface area contributed by atoms with Crippen LogP contribution >= 0.6 is 0 Å². The normalized spacial score (nSPS) is 13.6. The smallest absolute Gasteiger partial charge is 0.268 e. The average molecular weight is 202 g/mol. The first-order valence-electron chi connectivity index (χ1n) is 3.04. The van der Waals surface area contributed by atoms with Crippen molar-refractivity contribution in [2.24, 2.45) is 0 Å². The Morgan fingerprint density at radius 3 is 2.55 bits per heavy atom. The fourth-order valence-corrected chi connectivity index (χ4v) is 1.17. The van der Waals surface area contributed by atoms with Crippen LogP contribution in [0, 0.1) is 0 Å². The van der Waals surface area contributed by atoms with Crippen LogP contribution in [0.5, 0.6) is 0 Å². The molecule has 1 unspecified atom stereocenters. The third-order valence-electron chi connectivity index (χ3n) is 0.799. The molecule has 0 aromatic rings. The van der Waals surface area contributed by atoms with Gasteiger partial charge in [-0.25, -0.2) is 8.42 Å². The molecule has 7 heteroatoms. The monoisotopic (exact) mass is 202 g/mol. The molecule has 0 saturated carbocycles. The van der Waals surface area contributed by atoms with E-state index in [-0.39, 0.29) is 6.61 Å². The standard InChI is InChI=1S/C4H10O5S2/c1-2-3-4-8-11(7)9-10(5)6/h10H,2-4H2,1H3. The molecule has 68 valence electrons. The molecule has 1 atom stereocenters. The molecule has 0 fully saturated rings. The van der Waals surface area contributed by atoms with Gasteiger partial charge in [-0.05, 0) is 6.42 Å². The Balaban J connectivity index is 3.37. The summed E-state index contributed by atoms with van der Waals surface area (Å²) in [6, 6.07) is 0. The number of hydrogen-bond donors (Lipinski definition) is 1. The van der Waals surface area contributed by atoms with Crippen LogP contribution in [-0.4, -0.2) is 19.2 Å². The molecule has 0 aromatic heterocycles. The largest absolute Gasteiger partial charge is 0.320 e. The SMILES string of the molecule is CCCCOS(=O)O[SH](=O)=O. The molecule has 0 rings (SSSR count). The van der Waals surface area contributed by atoms with Gasteiger partial charge in [0.2, 0.25) is 0 Å². The highest BCUT2D eigenvalue weighted by Gasteiger charge is 2.00. The van der Waals surface area contributed by atoms with Gasteiger partial charge in [0.1, 0.15) is 0 Å². The summed E-state index contributed by atoms with van der Waals surface area (Å²) in [7, 11) is -3.09. The van der Waals surface area contributed by atoms with Crippen molar-refractivity contribution < 1.29 is 20.4 Å². The van der Waals surface area contributed by atoms with E-state index in [4.69, 9.17) is 0 Å². The highest BCUT2D eigenvalue weighted by atomic mass is 32.3. The maximum absolute atomic E-state index is 10.4. The molecular formula is C4H10O5S2. The Kier molecular flexibility index (Phi) is 6.73. The van der Waals surface area contributed by atoms with Gasteiger partial charge in [0.25, 0.3) is 11.0 Å². The third kappa shape index (κ3) is 7.92. The third-order valence-corrected chi connectivity index (χ3v) is 2.13. The highest BCUT2D eigenvalue weighted by molar-refractivity contribution is 7.85. The van der Waals surface area contributed by atoms with Crippen molar-refractivity contribution in [3.63, 3.8) is 0 Å². The minimum atomic E-state index is -3.09. The van der Waals surface area contributed by atoms with Crippen LogP contribution in [0.2, 0.25) is 0 Å². The van der Waals surface area contributed by atoms with Crippen LogP contribution in [0.3, 0.4) is 0 Å². The molecule has 0 N–H and O–H groups in total. The zero-order valence-corrected chi connectivity index (χ0v) is 7.73. The predicted octanol–water partition coefficient (Wildman–Crippen LogP) is -0.0752. The lowest BCUT2D eigenvalue weighted by Gasteiger charge is -1.96. The average Bonchev–Trinajstić information content (AvgIpc) is 1.86. The van der Waals surface area contributed by atoms with Gasteiger partial charge in [-0.1, -0.05) is 13.3 Å². The van der Waals surface area contributed by atoms with Crippen molar-refractivity contribution in [3.8, 4) is 0 Å². The summed E-state index contributed by atoms with van der Waals surface area (Å²) in [5.74, 6) is 0. The quantitative estimate of drug-likeness (QED) is 0.482. The molecule has 0 aliphatic rings. The first-order valence-corrected chi connectivity index (χ1v) is 5.14. The van der Waals surface area contributed by atoms with Gasteiger partial charge in [-0.2, -0.15) is 4.21 Å². The minimum Gasteiger partial charge on any atom is -0.268 e. The topological polar surface area (TPSA) is 69.7 Å². The van der Waals surface area contributed by atoms with E-state index in [1.165, 1.54) is 0 Å². The number of thiol groups is 1. The lowest BCUT2D eigenvalue weighted by atomic mass is 10.4. The molecule has 0 radical (unpaired) electrons. The number of unbranched alkanes of at least 4 members (excludes halogenated alkanes) is 1. The van der Waals surface area contributed by atoms with Gasteiger partial charge in [-0.15, -0.1) is 3.63 Å². The van der Waals surface area contributed by atoms with Gasteiger partial charge < -0.3 is 0 Å². The van der Waals surface area contributed by atoms with Crippen molar-refractivity contribution in [1.82, 2.24) is 0 Å². The van der Waals surface area contributed by atoms with Crippen LogP contribution in [0.25, 0.3) is 0 Å². The Morgan fingerprint density at radius 2 is 2.09 bits per heavy atom. The van der Waals surface area contributed by atoms with Crippen molar-refractivity contribution in [2.75, 3.05) is 6.61 Å². The molecule has 0 bridgehead atoms. The summed E-state index contributed by atoms with van der Waals surface area (Å²) in [4.78, 5) is 0. The van der Waals surface area contributed by atoms with E-state index in [0.29, 0.717) is 0 Å². The zero-order chi connectivity index (χ0) is 8.69. The van der Waals surface area contributed by atoms with E-state index < -0.39 is 22.3 Å². The summed E-state index contributed by atoms with van der Waals surface area (Å²) in [5.41, 5.74) is 0. The summed E-state index contributed by atoms with van der Waals surface area (Å²) >= 11 is -2.15. The Labute approximate surface area is 69.7 Å². The highest BCUT2D eigenvalue weighted by Crippen LogP contribution is 1.93. The van der Waals surface area contributed by atoms with Gasteiger partial charge in [-0.3, -0.25) is 4.18 Å². The van der Waals surface area contributed by atoms with Crippen LogP contribution in [0.15, 0.2) is 0 Å². The summed E-state index contributed by atoms with van der Waals surface area (Å²) < 4.78 is 38.2. The molecule has 0 saturated heterocycles. The van der Waals surface area contributed by atoms with Crippen LogP contribution < -0.4 is 0 Å². The first-order chi connectivity index (χ1) is 5.16. The molecule has 0 aliphatic carbocycles. The molecule has 0 aromatic carbocycles. The number of rotatable bonds is 6. The van der Waals surface area contributed by atoms with E-state index in [2.05, 4.69) is 7.81 Å². The minimum absolute atomic E-state index is 0.242. The number of hydrogen-bond acceptors (Lipinski definition) is 5. The van der Waals surface area contributed by atoms with E-state index in [0.717, 1.165) is 12.8 Å². The molecule has 5 nitrogen and oxygen atoms in total. The van der Waals surface area contributed by atoms with Crippen LogP contribution in [-0.2, 0) is 30.2 Å². The van der Waals surface area contributed by atoms with Gasteiger partial charge in [0.15, 0.2) is 0 Å². The maximum Gasteiger partial charge on any atom is 0.320 e. The van der Waals surface area contributed by atoms with Crippen LogP contribution in [0.4, 0.5) is 0 Å². The summed E-state index contributed by atoms with van der Waals surface area (Å²) in [5, 5.41) is 0. The van der Waals surface area contributed by atoms with Crippen molar-refractivity contribution in [1.29, 1.82) is 0 Å². The molecular weight excluding hydrogens is 192 g/mol. The Hall–Kier alpha value is 0.0200. The lowest BCUT2D eigenvalue weighted by molar-refractivity contribution is 0.306. The molecule has 0 heterocycles. The van der Waals surface area contributed by atoms with Gasteiger partial charge in [0, 0.05) is 0 Å². The molecule has 0 amide bonds. The second kappa shape index (κ2) is 6.71. The predicted molar refractivity (Wildman–Crippen MR) is 40.4 cm³/mol. The lowest BCUT2D eigenvalue weighted by Crippen LogP contribution is -2.01. The fraction of sp³-hybridized carbons (Fsp3) is 1.00. The zero-order valence-electron chi connectivity index (χ0n) is 6.02. The molecule has 0 spiro atoms. The molecule has 11 heavy (non-hydrogen) atoms. The van der Waals surface area contributed by atoms with Crippen molar-refractivity contribution in [2.45, 2.75) is 19.8 Å².